The molecule has 94 valence electrons. The van der Waals surface area contributed by atoms with E-state index in [1.54, 1.807) is 0 Å². The molecule has 3 N–H and O–H groups in total. The van der Waals surface area contributed by atoms with Crippen molar-refractivity contribution in [3.05, 3.63) is 0 Å². The zero-order valence-electron chi connectivity index (χ0n) is 10.6. The van der Waals surface area contributed by atoms with Crippen LogP contribution in [-0.4, -0.2) is 18.1 Å². The van der Waals surface area contributed by atoms with Crippen LogP contribution in [0.1, 0.15) is 70.6 Å². The molecule has 2 nitrogen and oxygen atoms in total. The third-order valence-corrected chi connectivity index (χ3v) is 4.35. The van der Waals surface area contributed by atoms with E-state index in [0.29, 0.717) is 6.04 Å². The standard InChI is InChI=1S/C14H28N2/c15-12-8-10-14(11-9-12)16-13-6-4-2-1-3-5-7-13/h12-14,16H,1-11,15H2. The summed E-state index contributed by atoms with van der Waals surface area (Å²) in [4.78, 5) is 0. The molecule has 2 saturated carbocycles. The van der Waals surface area contributed by atoms with E-state index < -0.39 is 0 Å². The van der Waals surface area contributed by atoms with Crippen LogP contribution in [0.3, 0.4) is 0 Å². The lowest BCUT2D eigenvalue weighted by Gasteiger charge is -2.31. The summed E-state index contributed by atoms with van der Waals surface area (Å²) in [6.45, 7) is 0. The fraction of sp³-hybridized carbons (Fsp3) is 1.00. The SMILES string of the molecule is NC1CCC(NC2CCCCCCC2)CC1. The van der Waals surface area contributed by atoms with Gasteiger partial charge in [0.15, 0.2) is 0 Å². The Morgan fingerprint density at radius 1 is 0.625 bits per heavy atom. The second-order valence-electron chi connectivity index (χ2n) is 5.82. The van der Waals surface area contributed by atoms with Crippen molar-refractivity contribution in [1.82, 2.24) is 5.32 Å². The van der Waals surface area contributed by atoms with Crippen molar-refractivity contribution in [3.63, 3.8) is 0 Å². The topological polar surface area (TPSA) is 38.0 Å². The van der Waals surface area contributed by atoms with Gasteiger partial charge < -0.3 is 11.1 Å². The molecule has 0 unspecified atom stereocenters. The minimum Gasteiger partial charge on any atom is -0.328 e. The predicted octanol–water partition coefficient (Wildman–Crippen LogP) is 2.96. The smallest absolute Gasteiger partial charge is 0.00708 e. The van der Waals surface area contributed by atoms with E-state index in [1.807, 2.05) is 0 Å². The third kappa shape index (κ3) is 4.06. The van der Waals surface area contributed by atoms with Gasteiger partial charge in [0, 0.05) is 18.1 Å². The molecule has 0 aliphatic heterocycles. The van der Waals surface area contributed by atoms with Crippen molar-refractivity contribution in [3.8, 4) is 0 Å². The van der Waals surface area contributed by atoms with Gasteiger partial charge in [-0.3, -0.25) is 0 Å². The van der Waals surface area contributed by atoms with Gasteiger partial charge in [-0.2, -0.15) is 0 Å². The molecule has 2 aliphatic rings. The molecule has 2 fully saturated rings. The van der Waals surface area contributed by atoms with Crippen molar-refractivity contribution in [2.75, 3.05) is 0 Å². The molecule has 0 aromatic heterocycles. The summed E-state index contributed by atoms with van der Waals surface area (Å²) in [5.41, 5.74) is 5.95. The van der Waals surface area contributed by atoms with Crippen molar-refractivity contribution in [1.29, 1.82) is 0 Å². The molecule has 2 heteroatoms. The van der Waals surface area contributed by atoms with Crippen molar-refractivity contribution < 1.29 is 0 Å². The lowest BCUT2D eigenvalue weighted by molar-refractivity contribution is 0.287. The Morgan fingerprint density at radius 2 is 1.12 bits per heavy atom. The molecule has 0 heterocycles. The first kappa shape index (κ1) is 12.4. The maximum Gasteiger partial charge on any atom is 0.00708 e. The summed E-state index contributed by atoms with van der Waals surface area (Å²) >= 11 is 0. The van der Waals surface area contributed by atoms with E-state index in [4.69, 9.17) is 5.73 Å². The van der Waals surface area contributed by atoms with Gasteiger partial charge in [0.25, 0.3) is 0 Å². The first-order chi connectivity index (χ1) is 7.84. The molecule has 16 heavy (non-hydrogen) atoms. The normalized spacial score (nSPS) is 34.3. The second kappa shape index (κ2) is 6.61. The molecular weight excluding hydrogens is 196 g/mol. The maximum absolute atomic E-state index is 5.95. The first-order valence-corrected chi connectivity index (χ1v) is 7.36. The summed E-state index contributed by atoms with van der Waals surface area (Å²) in [5.74, 6) is 0. The number of hydrogen-bond acceptors (Lipinski definition) is 2. The Labute approximate surface area is 100 Å². The van der Waals surface area contributed by atoms with Crippen LogP contribution in [-0.2, 0) is 0 Å². The van der Waals surface area contributed by atoms with Crippen LogP contribution >= 0.6 is 0 Å². The maximum atomic E-state index is 5.95. The van der Waals surface area contributed by atoms with E-state index in [1.165, 1.54) is 70.6 Å². The molecule has 2 aliphatic carbocycles. The van der Waals surface area contributed by atoms with Gasteiger partial charge in [-0.05, 0) is 38.5 Å². The minimum absolute atomic E-state index is 0.482. The van der Waals surface area contributed by atoms with E-state index >= 15 is 0 Å². The largest absolute Gasteiger partial charge is 0.328 e. The molecule has 0 spiro atoms. The number of nitrogens with two attached hydrogens (primary N) is 1. The molecule has 0 amide bonds. The Balaban J connectivity index is 1.70. The molecule has 0 saturated heterocycles. The highest BCUT2D eigenvalue weighted by molar-refractivity contribution is 4.82. The van der Waals surface area contributed by atoms with Gasteiger partial charge in [-0.1, -0.05) is 32.1 Å². The van der Waals surface area contributed by atoms with Gasteiger partial charge in [-0.15, -0.1) is 0 Å². The average molecular weight is 224 g/mol. The van der Waals surface area contributed by atoms with Crippen molar-refractivity contribution >= 4 is 0 Å². The Hall–Kier alpha value is -0.0800. The van der Waals surface area contributed by atoms with Crippen molar-refractivity contribution in [2.24, 2.45) is 5.73 Å². The zero-order valence-corrected chi connectivity index (χ0v) is 10.6. The van der Waals surface area contributed by atoms with E-state index in [9.17, 15) is 0 Å². The zero-order chi connectivity index (χ0) is 11.2. The number of hydrogen-bond donors (Lipinski definition) is 2. The Kier molecular flexibility index (Phi) is 5.11. The van der Waals surface area contributed by atoms with E-state index in [0.717, 1.165) is 12.1 Å². The second-order valence-corrected chi connectivity index (χ2v) is 5.82. The lowest BCUT2D eigenvalue weighted by Crippen LogP contribution is -2.42. The highest BCUT2D eigenvalue weighted by Gasteiger charge is 2.21. The summed E-state index contributed by atoms with van der Waals surface area (Å²) in [6.07, 6.45) is 15.1. The number of nitrogens with one attached hydrogen (secondary N) is 1. The first-order valence-electron chi connectivity index (χ1n) is 7.36. The fourth-order valence-corrected chi connectivity index (χ4v) is 3.24. The molecular formula is C14H28N2. The predicted molar refractivity (Wildman–Crippen MR) is 69.5 cm³/mol. The van der Waals surface area contributed by atoms with Crippen LogP contribution in [0.5, 0.6) is 0 Å². The highest BCUT2D eigenvalue weighted by Crippen LogP contribution is 2.21. The summed E-state index contributed by atoms with van der Waals surface area (Å²) < 4.78 is 0. The average Bonchev–Trinajstić information content (AvgIpc) is 2.25. The Morgan fingerprint density at radius 3 is 1.75 bits per heavy atom. The van der Waals surface area contributed by atoms with Crippen molar-refractivity contribution in [2.45, 2.75) is 88.8 Å². The van der Waals surface area contributed by atoms with Crippen LogP contribution < -0.4 is 11.1 Å². The molecule has 0 radical (unpaired) electrons. The van der Waals surface area contributed by atoms with Crippen LogP contribution in [0.15, 0.2) is 0 Å². The van der Waals surface area contributed by atoms with Crippen LogP contribution in [0, 0.1) is 0 Å². The molecule has 0 aromatic carbocycles. The van der Waals surface area contributed by atoms with Gasteiger partial charge in [-0.25, -0.2) is 0 Å². The van der Waals surface area contributed by atoms with E-state index in [2.05, 4.69) is 5.32 Å². The third-order valence-electron chi connectivity index (χ3n) is 4.35. The van der Waals surface area contributed by atoms with Gasteiger partial charge in [0.2, 0.25) is 0 Å². The van der Waals surface area contributed by atoms with Crippen LogP contribution in [0.4, 0.5) is 0 Å². The van der Waals surface area contributed by atoms with Gasteiger partial charge in [0.1, 0.15) is 0 Å². The van der Waals surface area contributed by atoms with Crippen LogP contribution in [0.25, 0.3) is 0 Å². The summed E-state index contributed by atoms with van der Waals surface area (Å²) in [5, 5.41) is 3.89. The molecule has 0 atom stereocenters. The summed E-state index contributed by atoms with van der Waals surface area (Å²) in [6, 6.07) is 2.05. The monoisotopic (exact) mass is 224 g/mol. The lowest BCUT2D eigenvalue weighted by atomic mass is 9.89. The van der Waals surface area contributed by atoms with E-state index in [-0.39, 0.29) is 0 Å². The van der Waals surface area contributed by atoms with Gasteiger partial charge >= 0.3 is 0 Å². The van der Waals surface area contributed by atoms with Crippen LogP contribution in [0.2, 0.25) is 0 Å². The molecule has 0 aromatic rings. The Bertz CT molecular complexity index is 177. The molecule has 0 bridgehead atoms. The fourth-order valence-electron chi connectivity index (χ4n) is 3.24. The minimum atomic E-state index is 0.482. The van der Waals surface area contributed by atoms with Gasteiger partial charge in [0.05, 0.1) is 0 Å². The highest BCUT2D eigenvalue weighted by atomic mass is 15.0. The molecule has 2 rings (SSSR count). The summed E-state index contributed by atoms with van der Waals surface area (Å²) in [7, 11) is 0. The quantitative estimate of drug-likeness (QED) is 0.757. The number of rotatable bonds is 2.